The summed E-state index contributed by atoms with van der Waals surface area (Å²) in [6, 6.07) is 21.1. The molecule has 3 heteroatoms. The largest absolute Gasteiger partial charge is 0.507 e. The molecular formula is C20H16O3. The van der Waals surface area contributed by atoms with E-state index in [0.717, 1.165) is 5.75 Å². The van der Waals surface area contributed by atoms with Crippen LogP contribution in [0.4, 0.5) is 0 Å². The summed E-state index contributed by atoms with van der Waals surface area (Å²) in [7, 11) is 0. The predicted octanol–water partition coefficient (Wildman–Crippen LogP) is 4.72. The Kier molecular flexibility index (Phi) is 4.11. The number of hydrogen-bond acceptors (Lipinski definition) is 3. The van der Waals surface area contributed by atoms with E-state index in [-0.39, 0.29) is 11.5 Å². The fourth-order valence-electron chi connectivity index (χ4n) is 2.24. The molecule has 3 aromatic rings. The van der Waals surface area contributed by atoms with Crippen LogP contribution in [0.5, 0.6) is 17.2 Å². The van der Waals surface area contributed by atoms with Gasteiger partial charge < -0.3 is 9.84 Å². The van der Waals surface area contributed by atoms with Crippen molar-refractivity contribution in [3.63, 3.8) is 0 Å². The summed E-state index contributed by atoms with van der Waals surface area (Å²) in [6.45, 7) is 2.02. The lowest BCUT2D eigenvalue weighted by atomic mass is 10.0. The average molecular weight is 304 g/mol. The summed E-state index contributed by atoms with van der Waals surface area (Å²) in [6.07, 6.45) is 0. The zero-order chi connectivity index (χ0) is 16.2. The van der Waals surface area contributed by atoms with Crippen LogP contribution in [0.15, 0.2) is 72.8 Å². The predicted molar refractivity (Wildman–Crippen MR) is 89.2 cm³/mol. The molecule has 0 aliphatic carbocycles. The second-order valence-corrected chi connectivity index (χ2v) is 5.29. The van der Waals surface area contributed by atoms with Crippen molar-refractivity contribution in [3.05, 3.63) is 89.5 Å². The van der Waals surface area contributed by atoms with Crippen molar-refractivity contribution in [2.45, 2.75) is 6.92 Å². The van der Waals surface area contributed by atoms with Crippen LogP contribution in [-0.2, 0) is 0 Å². The molecule has 0 heterocycles. The zero-order valence-electron chi connectivity index (χ0n) is 12.7. The van der Waals surface area contributed by atoms with Gasteiger partial charge in [0.2, 0.25) is 0 Å². The van der Waals surface area contributed by atoms with E-state index in [2.05, 4.69) is 0 Å². The van der Waals surface area contributed by atoms with Gasteiger partial charge in [0.1, 0.15) is 17.2 Å². The molecule has 0 spiro atoms. The van der Waals surface area contributed by atoms with Crippen LogP contribution in [0.2, 0.25) is 0 Å². The van der Waals surface area contributed by atoms with Crippen LogP contribution in [0.25, 0.3) is 0 Å². The van der Waals surface area contributed by atoms with E-state index in [9.17, 15) is 9.90 Å². The molecule has 0 fully saturated rings. The van der Waals surface area contributed by atoms with Gasteiger partial charge in [0.25, 0.3) is 0 Å². The normalized spacial score (nSPS) is 10.3. The van der Waals surface area contributed by atoms with Gasteiger partial charge in [-0.15, -0.1) is 0 Å². The highest BCUT2D eigenvalue weighted by Gasteiger charge is 2.12. The molecule has 0 atom stereocenters. The van der Waals surface area contributed by atoms with Gasteiger partial charge in [-0.1, -0.05) is 29.8 Å². The molecule has 114 valence electrons. The van der Waals surface area contributed by atoms with Crippen molar-refractivity contribution >= 4 is 5.78 Å². The lowest BCUT2D eigenvalue weighted by molar-refractivity contribution is 0.103. The molecule has 0 saturated heterocycles. The number of rotatable bonds is 4. The van der Waals surface area contributed by atoms with Gasteiger partial charge in [0, 0.05) is 5.56 Å². The molecule has 3 nitrogen and oxygen atoms in total. The highest BCUT2D eigenvalue weighted by Crippen LogP contribution is 2.24. The Labute approximate surface area is 134 Å². The molecule has 23 heavy (non-hydrogen) atoms. The average Bonchev–Trinajstić information content (AvgIpc) is 2.57. The number of ether oxygens (including phenoxy) is 1. The summed E-state index contributed by atoms with van der Waals surface area (Å²) in [5, 5.41) is 9.77. The van der Waals surface area contributed by atoms with E-state index in [1.54, 1.807) is 42.5 Å². The van der Waals surface area contributed by atoms with Crippen molar-refractivity contribution in [1.29, 1.82) is 0 Å². The Hall–Kier alpha value is -3.07. The lowest BCUT2D eigenvalue weighted by Crippen LogP contribution is -2.01. The van der Waals surface area contributed by atoms with Crippen molar-refractivity contribution in [2.75, 3.05) is 0 Å². The maximum atomic E-state index is 12.4. The molecule has 0 saturated carbocycles. The van der Waals surface area contributed by atoms with Crippen LogP contribution in [0.1, 0.15) is 21.5 Å². The van der Waals surface area contributed by atoms with Gasteiger partial charge in [-0.3, -0.25) is 4.79 Å². The minimum Gasteiger partial charge on any atom is -0.507 e. The first-order chi connectivity index (χ1) is 11.1. The molecule has 0 aliphatic heterocycles. The number of hydrogen-bond donors (Lipinski definition) is 1. The molecular weight excluding hydrogens is 288 g/mol. The summed E-state index contributed by atoms with van der Waals surface area (Å²) >= 11 is 0. The van der Waals surface area contributed by atoms with E-state index in [0.29, 0.717) is 16.9 Å². The van der Waals surface area contributed by atoms with Crippen LogP contribution in [-0.4, -0.2) is 10.9 Å². The van der Waals surface area contributed by atoms with Crippen molar-refractivity contribution in [2.24, 2.45) is 0 Å². The lowest BCUT2D eigenvalue weighted by Gasteiger charge is -2.07. The van der Waals surface area contributed by atoms with E-state index in [1.807, 2.05) is 31.2 Å². The third-order valence-electron chi connectivity index (χ3n) is 3.52. The highest BCUT2D eigenvalue weighted by atomic mass is 16.5. The number of carbonyl (C=O) groups is 1. The van der Waals surface area contributed by atoms with Crippen molar-refractivity contribution in [1.82, 2.24) is 0 Å². The van der Waals surface area contributed by atoms with Gasteiger partial charge in [-0.05, 0) is 55.5 Å². The van der Waals surface area contributed by atoms with E-state index < -0.39 is 0 Å². The van der Waals surface area contributed by atoms with Crippen molar-refractivity contribution in [3.8, 4) is 17.2 Å². The summed E-state index contributed by atoms with van der Waals surface area (Å²) in [4.78, 5) is 12.4. The molecule has 0 radical (unpaired) electrons. The molecule has 0 bridgehead atoms. The van der Waals surface area contributed by atoms with E-state index in [1.165, 1.54) is 11.6 Å². The van der Waals surface area contributed by atoms with Gasteiger partial charge in [0.15, 0.2) is 5.78 Å². The minimum atomic E-state index is -0.218. The number of phenolic OH excluding ortho intramolecular Hbond substituents is 1. The first-order valence-electron chi connectivity index (χ1n) is 7.31. The van der Waals surface area contributed by atoms with E-state index >= 15 is 0 Å². The smallest absolute Gasteiger partial charge is 0.196 e. The number of carbonyl (C=O) groups excluding carboxylic acids is 1. The van der Waals surface area contributed by atoms with Crippen LogP contribution in [0.3, 0.4) is 0 Å². The number of aromatic hydroxyl groups is 1. The second kappa shape index (κ2) is 6.36. The summed E-state index contributed by atoms with van der Waals surface area (Å²) in [5.41, 5.74) is 1.96. The number of ketones is 1. The molecule has 3 aromatic carbocycles. The quantitative estimate of drug-likeness (QED) is 0.709. The molecule has 0 aliphatic rings. The Morgan fingerprint density at radius 1 is 0.826 bits per heavy atom. The zero-order valence-corrected chi connectivity index (χ0v) is 12.7. The highest BCUT2D eigenvalue weighted by molar-refractivity contribution is 6.10. The standard InChI is InChI=1S/C20H16O3/c1-14-6-10-16(11-7-14)23-17-12-8-15(9-13-17)20(22)18-4-2-3-5-19(18)21/h2-13,21H,1H3. The maximum absolute atomic E-state index is 12.4. The van der Waals surface area contributed by atoms with Gasteiger partial charge >= 0.3 is 0 Å². The molecule has 0 aromatic heterocycles. The van der Waals surface area contributed by atoms with E-state index in [4.69, 9.17) is 4.74 Å². The minimum absolute atomic E-state index is 0.0162. The van der Waals surface area contributed by atoms with Gasteiger partial charge in [-0.25, -0.2) is 0 Å². The van der Waals surface area contributed by atoms with Crippen LogP contribution >= 0.6 is 0 Å². The Morgan fingerprint density at radius 2 is 1.39 bits per heavy atom. The van der Waals surface area contributed by atoms with Crippen molar-refractivity contribution < 1.29 is 14.6 Å². The Morgan fingerprint density at radius 3 is 2.00 bits per heavy atom. The second-order valence-electron chi connectivity index (χ2n) is 5.29. The monoisotopic (exact) mass is 304 g/mol. The number of phenols is 1. The first kappa shape index (κ1) is 14.9. The third-order valence-corrected chi connectivity index (χ3v) is 3.52. The van der Waals surface area contributed by atoms with Crippen LogP contribution < -0.4 is 4.74 Å². The number of para-hydroxylation sites is 1. The fourth-order valence-corrected chi connectivity index (χ4v) is 2.24. The maximum Gasteiger partial charge on any atom is 0.196 e. The Balaban J connectivity index is 1.78. The summed E-state index contributed by atoms with van der Waals surface area (Å²) in [5.74, 6) is 1.17. The van der Waals surface area contributed by atoms with Gasteiger partial charge in [-0.2, -0.15) is 0 Å². The number of benzene rings is 3. The Bertz CT molecular complexity index is 818. The molecule has 0 amide bonds. The van der Waals surface area contributed by atoms with Gasteiger partial charge in [0.05, 0.1) is 5.56 Å². The molecule has 0 unspecified atom stereocenters. The van der Waals surface area contributed by atoms with Crippen LogP contribution in [0, 0.1) is 6.92 Å². The molecule has 1 N–H and O–H groups in total. The SMILES string of the molecule is Cc1ccc(Oc2ccc(C(=O)c3ccccc3O)cc2)cc1. The molecule has 3 rings (SSSR count). The summed E-state index contributed by atoms with van der Waals surface area (Å²) < 4.78 is 5.74. The fraction of sp³-hybridized carbons (Fsp3) is 0.0500. The topological polar surface area (TPSA) is 46.5 Å². The number of aryl methyl sites for hydroxylation is 1. The first-order valence-corrected chi connectivity index (χ1v) is 7.31. The third kappa shape index (κ3) is 3.40.